The van der Waals surface area contributed by atoms with Gasteiger partial charge in [0.1, 0.15) is 5.00 Å². The Balaban J connectivity index is 1.85. The zero-order valence-electron chi connectivity index (χ0n) is 16.8. The average molecular weight is 440 g/mol. The Bertz CT molecular complexity index is 873. The summed E-state index contributed by atoms with van der Waals surface area (Å²) in [7, 11) is 1.59. The van der Waals surface area contributed by atoms with Crippen LogP contribution >= 0.6 is 23.1 Å². The van der Waals surface area contributed by atoms with Gasteiger partial charge >= 0.3 is 5.97 Å². The number of ether oxygens (including phenoxy) is 1. The molecule has 2 aromatic rings. The SMILES string of the molecule is CCOC(=O)c1c(NC(=O)C(CC)Sc2c([O-])on[n+]2C)sc2c1CCCCC2. The van der Waals surface area contributed by atoms with Crippen molar-refractivity contribution >= 4 is 40.0 Å². The summed E-state index contributed by atoms with van der Waals surface area (Å²) < 4.78 is 11.2. The Morgan fingerprint density at radius 2 is 2.10 bits per heavy atom. The Morgan fingerprint density at radius 3 is 2.76 bits per heavy atom. The molecule has 0 saturated carbocycles. The molecule has 8 nitrogen and oxygen atoms in total. The molecule has 1 atom stereocenters. The van der Waals surface area contributed by atoms with Crippen LogP contribution in [-0.4, -0.2) is 29.0 Å². The molecular weight excluding hydrogens is 414 g/mol. The highest BCUT2D eigenvalue weighted by Gasteiger charge is 2.30. The first-order chi connectivity index (χ1) is 14.0. The summed E-state index contributed by atoms with van der Waals surface area (Å²) in [5, 5.41) is 18.6. The van der Waals surface area contributed by atoms with Crippen molar-refractivity contribution in [1.29, 1.82) is 0 Å². The highest BCUT2D eigenvalue weighted by molar-refractivity contribution is 8.00. The number of anilines is 1. The molecule has 0 aromatic carbocycles. The topological polar surface area (TPSA) is 108 Å². The molecule has 29 heavy (non-hydrogen) atoms. The summed E-state index contributed by atoms with van der Waals surface area (Å²) >= 11 is 2.57. The lowest BCUT2D eigenvalue weighted by Crippen LogP contribution is -2.34. The van der Waals surface area contributed by atoms with E-state index in [-0.39, 0.29) is 17.5 Å². The Kier molecular flexibility index (Phi) is 7.18. The number of thioether (sulfide) groups is 1. The molecule has 1 N–H and O–H groups in total. The van der Waals surface area contributed by atoms with Crippen molar-refractivity contribution in [2.45, 2.75) is 62.6 Å². The van der Waals surface area contributed by atoms with Gasteiger partial charge in [-0.05, 0) is 56.4 Å². The lowest BCUT2D eigenvalue weighted by atomic mass is 10.1. The second-order valence-corrected chi connectivity index (χ2v) is 9.08. The molecule has 2 aromatic heterocycles. The van der Waals surface area contributed by atoms with Crippen LogP contribution in [0.1, 0.15) is 60.3 Å². The van der Waals surface area contributed by atoms with Gasteiger partial charge in [0, 0.05) is 4.88 Å². The number of aryl methyl sites for hydroxylation is 2. The number of hydrogen-bond acceptors (Lipinski definition) is 8. The molecule has 1 aliphatic carbocycles. The number of aromatic nitrogens is 2. The molecule has 1 aliphatic rings. The molecule has 0 saturated heterocycles. The fourth-order valence-electron chi connectivity index (χ4n) is 3.33. The van der Waals surface area contributed by atoms with E-state index in [1.165, 1.54) is 16.0 Å². The summed E-state index contributed by atoms with van der Waals surface area (Å²) in [5.74, 6) is -1.23. The van der Waals surface area contributed by atoms with Crippen LogP contribution in [0.3, 0.4) is 0 Å². The van der Waals surface area contributed by atoms with Gasteiger partial charge in [-0.3, -0.25) is 4.79 Å². The van der Waals surface area contributed by atoms with Crippen molar-refractivity contribution in [3.05, 3.63) is 16.0 Å². The second-order valence-electron chi connectivity index (χ2n) is 6.78. The largest absolute Gasteiger partial charge is 0.538 e. The first-order valence-corrected chi connectivity index (χ1v) is 11.5. The number of carbonyl (C=O) groups excluding carboxylic acids is 2. The molecule has 0 radical (unpaired) electrons. The molecule has 0 bridgehead atoms. The minimum atomic E-state index is -0.571. The fourth-order valence-corrected chi connectivity index (χ4v) is 5.53. The van der Waals surface area contributed by atoms with E-state index in [4.69, 9.17) is 4.74 Å². The van der Waals surface area contributed by atoms with E-state index in [1.807, 2.05) is 6.92 Å². The predicted molar refractivity (Wildman–Crippen MR) is 107 cm³/mol. The monoisotopic (exact) mass is 439 g/mol. The third kappa shape index (κ3) is 4.75. The van der Waals surface area contributed by atoms with Gasteiger partial charge in [-0.2, -0.15) is 0 Å². The van der Waals surface area contributed by atoms with Crippen molar-refractivity contribution in [2.24, 2.45) is 7.05 Å². The number of carbonyl (C=O) groups is 2. The number of fused-ring (bicyclic) bond motifs is 1. The summed E-state index contributed by atoms with van der Waals surface area (Å²) in [5.41, 5.74) is 1.50. The maximum Gasteiger partial charge on any atom is 0.341 e. The number of amides is 1. The number of nitrogens with one attached hydrogen (secondary N) is 1. The lowest BCUT2D eigenvalue weighted by molar-refractivity contribution is -0.772. The number of hydrogen-bond donors (Lipinski definition) is 1. The van der Waals surface area contributed by atoms with Gasteiger partial charge in [0.15, 0.2) is 13.0 Å². The van der Waals surface area contributed by atoms with Gasteiger partial charge in [-0.1, -0.05) is 18.0 Å². The van der Waals surface area contributed by atoms with Gasteiger partial charge in [0.25, 0.3) is 5.03 Å². The van der Waals surface area contributed by atoms with Gasteiger partial charge in [-0.15, -0.1) is 11.3 Å². The predicted octanol–water partition coefficient (Wildman–Crippen LogP) is 2.59. The number of rotatable bonds is 7. The van der Waals surface area contributed by atoms with Gasteiger partial charge in [0.05, 0.1) is 22.7 Å². The molecule has 10 heteroatoms. The Hall–Kier alpha value is -2.07. The van der Waals surface area contributed by atoms with Gasteiger partial charge in [0.2, 0.25) is 5.91 Å². The first kappa shape index (κ1) is 21.6. The van der Waals surface area contributed by atoms with Crippen molar-refractivity contribution in [3.63, 3.8) is 0 Å². The fraction of sp³-hybridized carbons (Fsp3) is 0.579. The molecule has 1 amide bonds. The van der Waals surface area contributed by atoms with Crippen LogP contribution in [0.15, 0.2) is 9.55 Å². The summed E-state index contributed by atoms with van der Waals surface area (Å²) in [6.07, 6.45) is 5.45. The number of thiophene rings is 1. The first-order valence-electron chi connectivity index (χ1n) is 9.78. The molecule has 3 rings (SSSR count). The molecule has 0 aliphatic heterocycles. The summed E-state index contributed by atoms with van der Waals surface area (Å²) in [4.78, 5) is 26.8. The van der Waals surface area contributed by atoms with Crippen molar-refractivity contribution in [1.82, 2.24) is 5.27 Å². The Morgan fingerprint density at radius 1 is 1.34 bits per heavy atom. The average Bonchev–Trinajstić information content (AvgIpc) is 3.09. The second kappa shape index (κ2) is 9.62. The van der Waals surface area contributed by atoms with Crippen LogP contribution in [0.25, 0.3) is 0 Å². The zero-order valence-corrected chi connectivity index (χ0v) is 18.4. The van der Waals surface area contributed by atoms with Gasteiger partial charge in [-0.25, -0.2) is 4.79 Å². The van der Waals surface area contributed by atoms with E-state index in [9.17, 15) is 14.7 Å². The smallest absolute Gasteiger partial charge is 0.341 e. The van der Waals surface area contributed by atoms with Crippen LogP contribution in [0.5, 0.6) is 5.95 Å². The summed E-state index contributed by atoms with van der Waals surface area (Å²) in [6.45, 7) is 3.91. The van der Waals surface area contributed by atoms with Crippen molar-refractivity contribution < 1.29 is 28.6 Å². The van der Waals surface area contributed by atoms with E-state index in [0.717, 1.165) is 54.3 Å². The van der Waals surface area contributed by atoms with Crippen LogP contribution in [0, 0.1) is 0 Å². The lowest BCUT2D eigenvalue weighted by Gasteiger charge is -2.13. The quantitative estimate of drug-likeness (QED) is 0.306. The molecule has 2 heterocycles. The van der Waals surface area contributed by atoms with E-state index >= 15 is 0 Å². The highest BCUT2D eigenvalue weighted by Crippen LogP contribution is 2.39. The van der Waals surface area contributed by atoms with E-state index in [0.29, 0.717) is 17.0 Å². The van der Waals surface area contributed by atoms with Gasteiger partial charge < -0.3 is 19.7 Å². The van der Waals surface area contributed by atoms with Crippen LogP contribution in [0.2, 0.25) is 0 Å². The zero-order chi connectivity index (χ0) is 21.0. The third-order valence-electron chi connectivity index (χ3n) is 4.77. The molecular formula is C19H25N3O5S2. The van der Waals surface area contributed by atoms with Crippen LogP contribution < -0.4 is 15.1 Å². The molecule has 0 spiro atoms. The highest BCUT2D eigenvalue weighted by atomic mass is 32.2. The third-order valence-corrected chi connectivity index (χ3v) is 7.46. The molecule has 158 valence electrons. The number of esters is 1. The minimum absolute atomic E-state index is 0.263. The van der Waals surface area contributed by atoms with Crippen LogP contribution in [0.4, 0.5) is 5.00 Å². The standard InChI is InChI=1S/C19H25N3O5S2/c1-4-12(29-17-19(25)27-21-22(17)3)15(23)20-16-14(18(24)26-5-2)11-9-7-6-8-10-13(11)28-16/h12H,4-10H2,1-3H3,(H-,20,21,23,24,25). The molecule has 0 fully saturated rings. The minimum Gasteiger partial charge on any atom is -0.538 e. The number of nitrogens with zero attached hydrogens (tertiary/aromatic N) is 2. The van der Waals surface area contributed by atoms with Crippen molar-refractivity contribution in [2.75, 3.05) is 11.9 Å². The van der Waals surface area contributed by atoms with Crippen molar-refractivity contribution in [3.8, 4) is 5.95 Å². The maximum atomic E-state index is 13.0. The van der Waals surface area contributed by atoms with E-state index in [2.05, 4.69) is 15.1 Å². The van der Waals surface area contributed by atoms with E-state index in [1.54, 1.807) is 14.0 Å². The van der Waals surface area contributed by atoms with Crippen LogP contribution in [-0.2, 0) is 29.4 Å². The van der Waals surface area contributed by atoms with E-state index < -0.39 is 17.2 Å². The molecule has 1 unspecified atom stereocenters. The maximum absolute atomic E-state index is 13.0. The summed E-state index contributed by atoms with van der Waals surface area (Å²) in [6, 6.07) is 0. The Labute approximate surface area is 177 Å². The normalized spacial score (nSPS) is 14.7.